The number of thiophene rings is 2. The lowest BCUT2D eigenvalue weighted by atomic mass is 10.2. The van der Waals surface area contributed by atoms with E-state index in [-0.39, 0.29) is 5.91 Å². The lowest BCUT2D eigenvalue weighted by Crippen LogP contribution is -2.11. The predicted molar refractivity (Wildman–Crippen MR) is 165 cm³/mol. The molecule has 0 unspecified atom stereocenters. The van der Waals surface area contributed by atoms with Crippen LogP contribution in [0.3, 0.4) is 0 Å². The Morgan fingerprint density at radius 2 is 1.21 bits per heavy atom. The average molecular weight is 614 g/mol. The highest BCUT2D eigenvalue weighted by Gasteiger charge is 2.17. The van der Waals surface area contributed by atoms with Crippen molar-refractivity contribution < 1.29 is 9.59 Å². The topological polar surface area (TPSA) is 98.0 Å². The molecule has 11 heteroatoms. The van der Waals surface area contributed by atoms with Gasteiger partial charge in [0.05, 0.1) is 10.0 Å². The summed E-state index contributed by atoms with van der Waals surface area (Å²) in [6.07, 6.45) is 3.29. The summed E-state index contributed by atoms with van der Waals surface area (Å²) < 4.78 is 1.98. The van der Waals surface area contributed by atoms with Crippen molar-refractivity contribution in [1.29, 1.82) is 0 Å². The van der Waals surface area contributed by atoms with Crippen LogP contribution in [0.15, 0.2) is 97.3 Å². The fraction of sp³-hybridized carbons (Fsp3) is 0. The van der Waals surface area contributed by atoms with Gasteiger partial charge in [-0.25, -0.2) is 9.97 Å². The molecule has 0 saturated heterocycles. The van der Waals surface area contributed by atoms with Gasteiger partial charge in [-0.05, 0) is 48.0 Å². The van der Waals surface area contributed by atoms with Gasteiger partial charge in [-0.1, -0.05) is 71.7 Å². The number of nitrogens with one attached hydrogen (secondary N) is 1. The average Bonchev–Trinajstić information content (AvgIpc) is 3.48. The first-order valence-electron chi connectivity index (χ1n) is 11.3. The van der Waals surface area contributed by atoms with E-state index in [0.29, 0.717) is 31.4 Å². The van der Waals surface area contributed by atoms with Gasteiger partial charge in [-0.3, -0.25) is 9.59 Å². The maximum atomic E-state index is 12.2. The van der Waals surface area contributed by atoms with Crippen LogP contribution < -0.4 is 11.1 Å². The number of halogens is 3. The number of fused-ring (bicyclic) bond motifs is 2. The van der Waals surface area contributed by atoms with Gasteiger partial charge in [0.15, 0.2) is 0 Å². The number of nitrogens with two attached hydrogens (primary N) is 1. The largest absolute Gasteiger partial charge is 0.384 e. The zero-order valence-corrected chi connectivity index (χ0v) is 23.9. The molecule has 0 bridgehead atoms. The van der Waals surface area contributed by atoms with E-state index in [1.807, 2.05) is 66.7 Å². The van der Waals surface area contributed by atoms with Gasteiger partial charge in [0.25, 0.3) is 11.1 Å². The zero-order valence-electron chi connectivity index (χ0n) is 20.0. The number of carbonyl (C=O) groups excluding carboxylic acids is 2. The van der Waals surface area contributed by atoms with E-state index in [9.17, 15) is 9.59 Å². The summed E-state index contributed by atoms with van der Waals surface area (Å²) in [6, 6.07) is 26.0. The monoisotopic (exact) mass is 612 g/mol. The van der Waals surface area contributed by atoms with Crippen molar-refractivity contribution >= 4 is 100 Å². The molecule has 0 spiro atoms. The van der Waals surface area contributed by atoms with Crippen LogP contribution in [-0.4, -0.2) is 21.1 Å². The Hall–Kier alpha value is -3.53. The minimum Gasteiger partial charge on any atom is -0.384 e. The van der Waals surface area contributed by atoms with E-state index in [0.717, 1.165) is 20.2 Å². The number of carbonyl (C=O) groups is 2. The lowest BCUT2D eigenvalue weighted by molar-refractivity contribution is 0.102. The van der Waals surface area contributed by atoms with Crippen LogP contribution in [0.1, 0.15) is 19.3 Å². The van der Waals surface area contributed by atoms with Gasteiger partial charge in [-0.15, -0.1) is 22.7 Å². The molecule has 6 nitrogen and oxygen atoms in total. The van der Waals surface area contributed by atoms with Crippen molar-refractivity contribution in [3.63, 3.8) is 0 Å². The molecule has 6 rings (SSSR count). The molecular weight excluding hydrogens is 595 g/mol. The maximum absolute atomic E-state index is 12.2. The normalized spacial score (nSPS) is 10.2. The summed E-state index contributed by atoms with van der Waals surface area (Å²) in [4.78, 5) is 31.8. The van der Waals surface area contributed by atoms with Gasteiger partial charge in [0.1, 0.15) is 21.4 Å². The molecule has 0 aliphatic heterocycles. The predicted octanol–water partition coefficient (Wildman–Crippen LogP) is 8.80. The van der Waals surface area contributed by atoms with E-state index in [1.165, 1.54) is 22.7 Å². The number of nitrogens with zero attached hydrogens (tertiary/aromatic N) is 2. The smallest absolute Gasteiger partial charge is 0.268 e. The van der Waals surface area contributed by atoms with Gasteiger partial charge in [0, 0.05) is 32.6 Å². The van der Waals surface area contributed by atoms with Crippen molar-refractivity contribution in [2.75, 3.05) is 11.1 Å². The summed E-state index contributed by atoms with van der Waals surface area (Å²) in [6.45, 7) is 0. The summed E-state index contributed by atoms with van der Waals surface area (Å²) >= 11 is 20.3. The van der Waals surface area contributed by atoms with Crippen molar-refractivity contribution in [3.8, 4) is 0 Å². The summed E-state index contributed by atoms with van der Waals surface area (Å²) in [5, 5.41) is 4.99. The van der Waals surface area contributed by atoms with Gasteiger partial charge < -0.3 is 11.1 Å². The Bertz CT molecular complexity index is 1730. The quantitative estimate of drug-likeness (QED) is 0.194. The van der Waals surface area contributed by atoms with Crippen LogP contribution in [0.25, 0.3) is 20.2 Å². The second-order valence-electron chi connectivity index (χ2n) is 7.68. The number of amides is 1. The molecule has 6 aromatic rings. The van der Waals surface area contributed by atoms with Crippen LogP contribution in [0.2, 0.25) is 10.0 Å². The van der Waals surface area contributed by atoms with E-state index in [2.05, 4.69) is 15.3 Å². The molecule has 0 saturated carbocycles. The van der Waals surface area contributed by atoms with E-state index >= 15 is 0 Å². The minimum absolute atomic E-state index is 0.232. The van der Waals surface area contributed by atoms with Crippen LogP contribution in [0.5, 0.6) is 0 Å². The van der Waals surface area contributed by atoms with Crippen LogP contribution in [0.4, 0.5) is 11.6 Å². The summed E-state index contributed by atoms with van der Waals surface area (Å²) in [7, 11) is 0. The fourth-order valence-electron chi connectivity index (χ4n) is 3.29. The number of aromatic nitrogens is 2. The first kappa shape index (κ1) is 28.5. The number of hydrogen-bond donors (Lipinski definition) is 2. The highest BCUT2D eigenvalue weighted by Crippen LogP contribution is 2.36. The first-order valence-corrected chi connectivity index (χ1v) is 14.0. The van der Waals surface area contributed by atoms with Gasteiger partial charge in [-0.2, -0.15) is 0 Å². The van der Waals surface area contributed by atoms with E-state index in [1.54, 1.807) is 30.6 Å². The fourth-order valence-corrected chi connectivity index (χ4v) is 6.31. The number of nitrogen functional groups attached to an aromatic ring is 1. The third kappa shape index (κ3) is 7.32. The molecule has 0 aliphatic rings. The SMILES string of the molecule is Nc1ccccn1.O=C(Cl)c1sc2ccccc2c1Cl.O=C(Nc1ccccn1)c1sc2ccccc2c1Cl. The molecule has 0 radical (unpaired) electrons. The third-order valence-electron chi connectivity index (χ3n) is 5.05. The second kappa shape index (κ2) is 13.5. The number of pyridine rings is 2. The molecule has 196 valence electrons. The Kier molecular flexibility index (Phi) is 9.86. The lowest BCUT2D eigenvalue weighted by Gasteiger charge is -2.01. The Morgan fingerprint density at radius 1 is 0.692 bits per heavy atom. The minimum atomic E-state index is -0.494. The molecule has 39 heavy (non-hydrogen) atoms. The molecule has 1 amide bonds. The standard InChI is InChI=1S/C14H9ClN2OS.C9H4Cl2OS.C5H6N2/c15-12-9-5-1-2-6-10(9)19-13(12)14(18)17-11-7-3-4-8-16-11;10-7-5-3-1-2-4-6(5)13-8(7)9(11)12;6-5-3-1-2-4-7-5/h1-8H,(H,16,17,18);1-4H;1-4H,(H2,6,7). The Balaban J connectivity index is 0.000000152. The van der Waals surface area contributed by atoms with Crippen LogP contribution in [-0.2, 0) is 0 Å². The van der Waals surface area contributed by atoms with Crippen molar-refractivity contribution in [2.24, 2.45) is 0 Å². The highest BCUT2D eigenvalue weighted by molar-refractivity contribution is 7.23. The zero-order chi connectivity index (χ0) is 27.8. The number of benzene rings is 2. The van der Waals surface area contributed by atoms with Crippen LogP contribution >= 0.6 is 57.5 Å². The molecule has 0 fully saturated rings. The van der Waals surface area contributed by atoms with Crippen molar-refractivity contribution in [3.05, 3.63) is 117 Å². The number of hydrogen-bond acceptors (Lipinski definition) is 7. The molecule has 0 aliphatic carbocycles. The molecular formula is C28H19Cl3N4O2S2. The van der Waals surface area contributed by atoms with Crippen LogP contribution in [0, 0.1) is 0 Å². The third-order valence-corrected chi connectivity index (χ3v) is 8.70. The maximum Gasteiger partial charge on any atom is 0.268 e. The molecule has 4 heterocycles. The van der Waals surface area contributed by atoms with E-state index < -0.39 is 5.24 Å². The summed E-state index contributed by atoms with van der Waals surface area (Å²) in [5.74, 6) is 0.855. The number of rotatable bonds is 3. The first-order chi connectivity index (χ1) is 18.8. The van der Waals surface area contributed by atoms with Crippen molar-refractivity contribution in [1.82, 2.24) is 9.97 Å². The van der Waals surface area contributed by atoms with Gasteiger partial charge in [0.2, 0.25) is 0 Å². The van der Waals surface area contributed by atoms with Crippen molar-refractivity contribution in [2.45, 2.75) is 0 Å². The Labute approximate surface area is 247 Å². The molecule has 2 aromatic carbocycles. The van der Waals surface area contributed by atoms with E-state index in [4.69, 9.17) is 40.5 Å². The number of anilines is 2. The van der Waals surface area contributed by atoms with Gasteiger partial charge >= 0.3 is 0 Å². The molecule has 0 atom stereocenters. The Morgan fingerprint density at radius 3 is 1.67 bits per heavy atom. The second-order valence-corrected chi connectivity index (χ2v) is 10.9. The highest BCUT2D eigenvalue weighted by atomic mass is 35.5. The molecule has 3 N–H and O–H groups in total. The summed E-state index contributed by atoms with van der Waals surface area (Å²) in [5.41, 5.74) is 5.25. The molecule has 4 aromatic heterocycles.